The Morgan fingerprint density at radius 1 is 1.25 bits per heavy atom. The average Bonchev–Trinajstić information content (AvgIpc) is 2.81. The first-order valence-electron chi connectivity index (χ1n) is 6.60. The molecule has 0 spiro atoms. The van der Waals surface area contributed by atoms with Crippen molar-refractivity contribution in [2.24, 2.45) is 0 Å². The topological polar surface area (TPSA) is 17.1 Å². The Morgan fingerprint density at radius 2 is 2.00 bits per heavy atom. The van der Waals surface area contributed by atoms with Gasteiger partial charge < -0.3 is 0 Å². The molecule has 0 aliphatic carbocycles. The van der Waals surface area contributed by atoms with Crippen LogP contribution in [-0.4, -0.2) is 11.5 Å². The molecule has 0 radical (unpaired) electrons. The fourth-order valence-corrected chi connectivity index (χ4v) is 4.01. The third-order valence-corrected chi connectivity index (χ3v) is 4.88. The van der Waals surface area contributed by atoms with Crippen molar-refractivity contribution >= 4 is 17.5 Å². The molecule has 0 amide bonds. The molecule has 3 heteroatoms. The monoisotopic (exact) mass is 286 g/mol. The van der Waals surface area contributed by atoms with Crippen LogP contribution in [0.2, 0.25) is 0 Å². The van der Waals surface area contributed by atoms with Gasteiger partial charge in [0.2, 0.25) is 0 Å². The number of thioether (sulfide) groups is 1. The van der Waals surface area contributed by atoms with Crippen LogP contribution in [0.3, 0.4) is 0 Å². The fraction of sp³-hybridized carbons (Fsp3) is 0.235. The van der Waals surface area contributed by atoms with Crippen LogP contribution in [0.1, 0.15) is 33.0 Å². The van der Waals surface area contributed by atoms with E-state index >= 15 is 0 Å². The van der Waals surface area contributed by atoms with Gasteiger partial charge in [-0.2, -0.15) is 0 Å². The molecule has 102 valence electrons. The lowest BCUT2D eigenvalue weighted by Crippen LogP contribution is -2.15. The van der Waals surface area contributed by atoms with Crippen molar-refractivity contribution in [2.75, 3.05) is 5.75 Å². The molecule has 1 atom stereocenters. The smallest absolute Gasteiger partial charge is 0.174 e. The molecule has 1 nitrogen and oxygen atoms in total. The number of ketones is 1. The van der Waals surface area contributed by atoms with Crippen molar-refractivity contribution in [1.29, 1.82) is 0 Å². The van der Waals surface area contributed by atoms with Gasteiger partial charge in [-0.25, -0.2) is 4.39 Å². The Labute approximate surface area is 122 Å². The largest absolute Gasteiger partial charge is 0.293 e. The van der Waals surface area contributed by atoms with Crippen molar-refractivity contribution in [3.05, 3.63) is 64.5 Å². The molecule has 2 aromatic carbocycles. The van der Waals surface area contributed by atoms with Crippen molar-refractivity contribution in [1.82, 2.24) is 0 Å². The summed E-state index contributed by atoms with van der Waals surface area (Å²) in [5.41, 5.74) is 2.85. The summed E-state index contributed by atoms with van der Waals surface area (Å²) in [5, 5.41) is 0. The molecule has 1 heterocycles. The van der Waals surface area contributed by atoms with E-state index in [1.807, 2.05) is 37.3 Å². The average molecular weight is 286 g/mol. The zero-order valence-electron chi connectivity index (χ0n) is 11.4. The van der Waals surface area contributed by atoms with Crippen molar-refractivity contribution in [3.63, 3.8) is 0 Å². The maximum Gasteiger partial charge on any atom is 0.174 e. The van der Waals surface area contributed by atoms with Gasteiger partial charge in [0.1, 0.15) is 5.82 Å². The van der Waals surface area contributed by atoms with Crippen LogP contribution in [0.25, 0.3) is 0 Å². The number of fused-ring (bicyclic) bond motifs is 1. The standard InChI is InChI=1S/C17H15FOS/c1-10-7-11(2)16(14(18)8-10)17(19)13-9-20-15-6-4-3-5-12(13)15/h3-8,13H,9H2,1-2H3. The van der Waals surface area contributed by atoms with Crippen LogP contribution < -0.4 is 0 Å². The molecule has 2 aromatic rings. The highest BCUT2D eigenvalue weighted by molar-refractivity contribution is 7.99. The van der Waals surface area contributed by atoms with Gasteiger partial charge in [0.15, 0.2) is 5.78 Å². The number of benzene rings is 2. The molecular weight excluding hydrogens is 271 g/mol. The number of rotatable bonds is 2. The first kappa shape index (κ1) is 13.4. The van der Waals surface area contributed by atoms with Crippen molar-refractivity contribution < 1.29 is 9.18 Å². The lowest BCUT2D eigenvalue weighted by Gasteiger charge is -2.13. The minimum Gasteiger partial charge on any atom is -0.293 e. The van der Waals surface area contributed by atoms with Gasteiger partial charge in [-0.1, -0.05) is 24.3 Å². The van der Waals surface area contributed by atoms with E-state index in [9.17, 15) is 9.18 Å². The molecule has 0 bridgehead atoms. The van der Waals surface area contributed by atoms with E-state index in [4.69, 9.17) is 0 Å². The molecule has 0 aromatic heterocycles. The Hall–Kier alpha value is -1.61. The predicted molar refractivity (Wildman–Crippen MR) is 80.1 cm³/mol. The molecular formula is C17H15FOS. The van der Waals surface area contributed by atoms with Gasteiger partial charge >= 0.3 is 0 Å². The third kappa shape index (κ3) is 2.16. The molecule has 0 saturated carbocycles. The summed E-state index contributed by atoms with van der Waals surface area (Å²) in [6.45, 7) is 3.64. The number of Topliss-reactive ketones (excluding diaryl/α,β-unsaturated/α-hetero) is 1. The third-order valence-electron chi connectivity index (χ3n) is 3.69. The summed E-state index contributed by atoms with van der Waals surface area (Å²) < 4.78 is 14.2. The number of aryl methyl sites for hydroxylation is 2. The SMILES string of the molecule is Cc1cc(C)c(C(=O)C2CSc3ccccc32)c(F)c1. The number of halogens is 1. The quantitative estimate of drug-likeness (QED) is 0.755. The van der Waals surface area contributed by atoms with Crippen molar-refractivity contribution in [2.45, 2.75) is 24.7 Å². The number of hydrogen-bond acceptors (Lipinski definition) is 2. The number of hydrogen-bond donors (Lipinski definition) is 0. The van der Waals surface area contributed by atoms with Gasteiger partial charge in [0, 0.05) is 10.6 Å². The van der Waals surface area contributed by atoms with E-state index in [1.165, 1.54) is 6.07 Å². The Morgan fingerprint density at radius 3 is 2.75 bits per heavy atom. The van der Waals surface area contributed by atoms with E-state index in [0.717, 1.165) is 21.6 Å². The second kappa shape index (κ2) is 5.06. The van der Waals surface area contributed by atoms with Gasteiger partial charge in [-0.15, -0.1) is 11.8 Å². The number of carbonyl (C=O) groups is 1. The second-order valence-corrected chi connectivity index (χ2v) is 6.27. The van der Waals surface area contributed by atoms with Gasteiger partial charge in [-0.05, 0) is 42.7 Å². The van der Waals surface area contributed by atoms with E-state index in [2.05, 4.69) is 0 Å². The normalized spacial score (nSPS) is 17.1. The van der Waals surface area contributed by atoms with Gasteiger partial charge in [-0.3, -0.25) is 4.79 Å². The fourth-order valence-electron chi connectivity index (χ4n) is 2.78. The van der Waals surface area contributed by atoms with Crippen LogP contribution in [0, 0.1) is 19.7 Å². The second-order valence-electron chi connectivity index (χ2n) is 5.20. The minimum atomic E-state index is -0.401. The summed E-state index contributed by atoms with van der Waals surface area (Å²) in [4.78, 5) is 13.8. The van der Waals surface area contributed by atoms with E-state index < -0.39 is 5.82 Å². The molecule has 20 heavy (non-hydrogen) atoms. The molecule has 0 saturated heterocycles. The first-order valence-corrected chi connectivity index (χ1v) is 7.59. The lowest BCUT2D eigenvalue weighted by atomic mass is 9.89. The van der Waals surface area contributed by atoms with Gasteiger partial charge in [0.05, 0.1) is 11.5 Å². The summed E-state index contributed by atoms with van der Waals surface area (Å²) in [7, 11) is 0. The highest BCUT2D eigenvalue weighted by Gasteiger charge is 2.31. The maximum atomic E-state index is 14.2. The first-order chi connectivity index (χ1) is 9.58. The Balaban J connectivity index is 2.03. The molecule has 0 N–H and O–H groups in total. The molecule has 1 aliphatic rings. The number of carbonyl (C=O) groups excluding carboxylic acids is 1. The molecule has 1 unspecified atom stereocenters. The highest BCUT2D eigenvalue weighted by atomic mass is 32.2. The van der Waals surface area contributed by atoms with Crippen LogP contribution in [0.4, 0.5) is 4.39 Å². The van der Waals surface area contributed by atoms with Gasteiger partial charge in [0.25, 0.3) is 0 Å². The molecule has 0 fully saturated rings. The van der Waals surface area contributed by atoms with Crippen LogP contribution >= 0.6 is 11.8 Å². The van der Waals surface area contributed by atoms with E-state index in [-0.39, 0.29) is 17.3 Å². The Kier molecular flexibility index (Phi) is 3.38. The molecule has 3 rings (SSSR count). The van der Waals surface area contributed by atoms with Crippen LogP contribution in [0.5, 0.6) is 0 Å². The maximum absolute atomic E-state index is 14.2. The minimum absolute atomic E-state index is 0.0996. The predicted octanol–water partition coefficient (Wildman–Crippen LogP) is 4.51. The van der Waals surface area contributed by atoms with Crippen LogP contribution in [0.15, 0.2) is 41.3 Å². The zero-order chi connectivity index (χ0) is 14.3. The summed E-state index contributed by atoms with van der Waals surface area (Å²) in [6, 6.07) is 11.2. The van der Waals surface area contributed by atoms with Crippen molar-refractivity contribution in [3.8, 4) is 0 Å². The van der Waals surface area contributed by atoms with E-state index in [0.29, 0.717) is 5.75 Å². The summed E-state index contributed by atoms with van der Waals surface area (Å²) in [6.07, 6.45) is 0. The Bertz CT molecular complexity index is 670. The molecule has 1 aliphatic heterocycles. The lowest BCUT2D eigenvalue weighted by molar-refractivity contribution is 0.0963. The summed E-state index contributed by atoms with van der Waals surface area (Å²) >= 11 is 1.67. The van der Waals surface area contributed by atoms with E-state index in [1.54, 1.807) is 18.7 Å². The summed E-state index contributed by atoms with van der Waals surface area (Å²) in [5.74, 6) is -0.0308. The van der Waals surface area contributed by atoms with Crippen LogP contribution in [-0.2, 0) is 0 Å². The highest BCUT2D eigenvalue weighted by Crippen LogP contribution is 2.41. The zero-order valence-corrected chi connectivity index (χ0v) is 12.3.